The number of imide groups is 1. The van der Waals surface area contributed by atoms with Gasteiger partial charge in [-0.05, 0) is 49.6 Å². The molecule has 0 aromatic heterocycles. The number of carbonyl (C=O) groups is 2. The van der Waals surface area contributed by atoms with Gasteiger partial charge in [0.2, 0.25) is 0 Å². The summed E-state index contributed by atoms with van der Waals surface area (Å²) in [5.41, 5.74) is 7.81. The average Bonchev–Trinajstić information content (AvgIpc) is 3.37. The first-order valence-electron chi connectivity index (χ1n) is 13.4. The lowest BCUT2D eigenvalue weighted by atomic mass is 9.92. The van der Waals surface area contributed by atoms with Crippen molar-refractivity contribution in [2.45, 2.75) is 46.1 Å². The van der Waals surface area contributed by atoms with Crippen LogP contribution in [0.2, 0.25) is 0 Å². The number of hydrogen-bond acceptors (Lipinski definition) is 4. The van der Waals surface area contributed by atoms with Crippen LogP contribution in [0.1, 0.15) is 75.2 Å². The van der Waals surface area contributed by atoms with E-state index in [1.54, 1.807) is 0 Å². The lowest BCUT2D eigenvalue weighted by Crippen LogP contribution is -2.40. The maximum atomic E-state index is 13.4. The molecule has 190 valence electrons. The Morgan fingerprint density at radius 1 is 0.816 bits per heavy atom. The minimum absolute atomic E-state index is 0.00000507. The fourth-order valence-electron chi connectivity index (χ4n) is 5.55. The number of hydrazone groups is 1. The quantitative estimate of drug-likeness (QED) is 0.262. The zero-order valence-electron chi connectivity index (χ0n) is 22.1. The van der Waals surface area contributed by atoms with E-state index < -0.39 is 0 Å². The van der Waals surface area contributed by atoms with Crippen molar-refractivity contribution < 1.29 is 9.59 Å². The van der Waals surface area contributed by atoms with E-state index in [1.165, 1.54) is 21.6 Å². The SMILES string of the molecule is CCCCN1C(=O)c2cccc3c(N4N=C(c5ccc(C)cc5)CC4c4ccc(C)cc4)ccc(c23)C1=O. The molecule has 0 bridgehead atoms. The van der Waals surface area contributed by atoms with E-state index in [-0.39, 0.29) is 17.9 Å². The van der Waals surface area contributed by atoms with Gasteiger partial charge in [-0.1, -0.05) is 85.1 Å². The van der Waals surface area contributed by atoms with Gasteiger partial charge in [0.15, 0.2) is 0 Å². The van der Waals surface area contributed by atoms with Crippen molar-refractivity contribution in [2.75, 3.05) is 11.6 Å². The molecule has 4 aromatic rings. The van der Waals surface area contributed by atoms with Gasteiger partial charge >= 0.3 is 0 Å². The van der Waals surface area contributed by atoms with Crippen molar-refractivity contribution in [1.29, 1.82) is 0 Å². The highest BCUT2D eigenvalue weighted by molar-refractivity contribution is 6.27. The molecule has 0 spiro atoms. The summed E-state index contributed by atoms with van der Waals surface area (Å²) in [4.78, 5) is 28.2. The van der Waals surface area contributed by atoms with E-state index in [4.69, 9.17) is 5.10 Å². The zero-order chi connectivity index (χ0) is 26.4. The van der Waals surface area contributed by atoms with Gasteiger partial charge in [-0.15, -0.1) is 0 Å². The minimum Gasteiger partial charge on any atom is -0.274 e. The number of aryl methyl sites for hydroxylation is 2. The molecule has 2 aliphatic rings. The van der Waals surface area contributed by atoms with Gasteiger partial charge in [-0.3, -0.25) is 19.5 Å². The van der Waals surface area contributed by atoms with Crippen LogP contribution in [-0.4, -0.2) is 29.0 Å². The Balaban J connectivity index is 1.50. The molecule has 0 fully saturated rings. The van der Waals surface area contributed by atoms with Crippen LogP contribution >= 0.6 is 0 Å². The summed E-state index contributed by atoms with van der Waals surface area (Å²) in [5, 5.41) is 8.85. The first kappa shape index (κ1) is 24.1. The van der Waals surface area contributed by atoms with Crippen LogP contribution in [0.3, 0.4) is 0 Å². The van der Waals surface area contributed by atoms with Gasteiger partial charge in [-0.2, -0.15) is 5.10 Å². The number of rotatable bonds is 6. The number of benzene rings is 4. The van der Waals surface area contributed by atoms with Crippen molar-refractivity contribution in [1.82, 2.24) is 4.90 Å². The second-order valence-corrected chi connectivity index (χ2v) is 10.4. The molecule has 2 amide bonds. The molecule has 4 aromatic carbocycles. The molecule has 2 aliphatic heterocycles. The van der Waals surface area contributed by atoms with Crippen molar-refractivity contribution in [2.24, 2.45) is 5.10 Å². The fraction of sp³-hybridized carbons (Fsp3) is 0.242. The Labute approximate surface area is 223 Å². The molecule has 5 heteroatoms. The maximum absolute atomic E-state index is 13.4. The fourth-order valence-corrected chi connectivity index (χ4v) is 5.55. The highest BCUT2D eigenvalue weighted by Gasteiger charge is 2.36. The second-order valence-electron chi connectivity index (χ2n) is 10.4. The molecule has 0 N–H and O–H groups in total. The Bertz CT molecular complexity index is 1560. The lowest BCUT2D eigenvalue weighted by Gasteiger charge is -2.30. The van der Waals surface area contributed by atoms with Gasteiger partial charge in [0, 0.05) is 34.9 Å². The molecule has 38 heavy (non-hydrogen) atoms. The summed E-state index contributed by atoms with van der Waals surface area (Å²) in [6.45, 7) is 6.68. The highest BCUT2D eigenvalue weighted by atomic mass is 16.2. The lowest BCUT2D eigenvalue weighted by molar-refractivity contribution is 0.0608. The van der Waals surface area contributed by atoms with Crippen LogP contribution in [-0.2, 0) is 0 Å². The first-order chi connectivity index (χ1) is 18.5. The topological polar surface area (TPSA) is 53.0 Å². The third kappa shape index (κ3) is 3.99. The summed E-state index contributed by atoms with van der Waals surface area (Å²) in [6, 6.07) is 26.7. The monoisotopic (exact) mass is 501 g/mol. The summed E-state index contributed by atoms with van der Waals surface area (Å²) in [5.74, 6) is -0.418. The number of anilines is 1. The molecule has 1 atom stereocenters. The van der Waals surface area contributed by atoms with Crippen LogP contribution in [0.25, 0.3) is 10.8 Å². The molecule has 5 nitrogen and oxygen atoms in total. The number of hydrogen-bond donors (Lipinski definition) is 0. The molecule has 6 rings (SSSR count). The molecule has 0 saturated heterocycles. The van der Waals surface area contributed by atoms with Crippen molar-refractivity contribution >= 4 is 34.0 Å². The third-order valence-electron chi connectivity index (χ3n) is 7.71. The van der Waals surface area contributed by atoms with Crippen molar-refractivity contribution in [3.05, 3.63) is 112 Å². The average molecular weight is 502 g/mol. The molecule has 0 radical (unpaired) electrons. The highest BCUT2D eigenvalue weighted by Crippen LogP contribution is 2.42. The maximum Gasteiger partial charge on any atom is 0.261 e. The Hall–Kier alpha value is -4.25. The summed E-state index contributed by atoms with van der Waals surface area (Å²) < 4.78 is 0. The predicted molar refractivity (Wildman–Crippen MR) is 153 cm³/mol. The minimum atomic E-state index is -0.209. The molecular weight excluding hydrogens is 470 g/mol. The van der Waals surface area contributed by atoms with Gasteiger partial charge < -0.3 is 0 Å². The first-order valence-corrected chi connectivity index (χ1v) is 13.4. The number of carbonyl (C=O) groups excluding carboxylic acids is 2. The van der Waals surface area contributed by atoms with E-state index in [0.717, 1.165) is 47.0 Å². The van der Waals surface area contributed by atoms with E-state index >= 15 is 0 Å². The molecule has 1 unspecified atom stereocenters. The standard InChI is InChI=1S/C33H31N3O2/c1-4-5-19-35-32(37)26-8-6-7-25-29(18-17-27(31(25)26)33(35)38)36-30(24-15-11-22(3)12-16-24)20-28(34-36)23-13-9-21(2)10-14-23/h6-18,30H,4-5,19-20H2,1-3H3. The molecule has 2 heterocycles. The largest absolute Gasteiger partial charge is 0.274 e. The number of amides is 2. The third-order valence-corrected chi connectivity index (χ3v) is 7.71. The van der Waals surface area contributed by atoms with Crippen LogP contribution in [0, 0.1) is 13.8 Å². The van der Waals surface area contributed by atoms with Gasteiger partial charge in [-0.25, -0.2) is 0 Å². The molecule has 0 saturated carbocycles. The van der Waals surface area contributed by atoms with Crippen LogP contribution < -0.4 is 5.01 Å². The van der Waals surface area contributed by atoms with E-state index in [9.17, 15) is 9.59 Å². The Kier molecular flexibility index (Phi) is 6.07. The Morgan fingerprint density at radius 2 is 1.47 bits per heavy atom. The van der Waals surface area contributed by atoms with E-state index in [1.807, 2.05) is 30.3 Å². The summed E-state index contributed by atoms with van der Waals surface area (Å²) in [7, 11) is 0. The Morgan fingerprint density at radius 3 is 2.16 bits per heavy atom. The summed E-state index contributed by atoms with van der Waals surface area (Å²) in [6.07, 6.45) is 2.48. The van der Waals surface area contributed by atoms with Gasteiger partial charge in [0.25, 0.3) is 11.8 Å². The second kappa shape index (κ2) is 9.56. The van der Waals surface area contributed by atoms with Crippen molar-refractivity contribution in [3.63, 3.8) is 0 Å². The molecule has 0 aliphatic carbocycles. The van der Waals surface area contributed by atoms with Crippen LogP contribution in [0.4, 0.5) is 5.69 Å². The van der Waals surface area contributed by atoms with Crippen LogP contribution in [0.5, 0.6) is 0 Å². The van der Waals surface area contributed by atoms with Gasteiger partial charge in [0.1, 0.15) is 0 Å². The van der Waals surface area contributed by atoms with Crippen LogP contribution in [0.15, 0.2) is 84.0 Å². The van der Waals surface area contributed by atoms with E-state index in [0.29, 0.717) is 17.7 Å². The smallest absolute Gasteiger partial charge is 0.261 e. The summed E-state index contributed by atoms with van der Waals surface area (Å²) >= 11 is 0. The molecular formula is C33H31N3O2. The normalized spacial score (nSPS) is 16.9. The number of unbranched alkanes of at least 4 members (excludes halogenated alkanes) is 1. The number of nitrogens with zero attached hydrogens (tertiary/aromatic N) is 3. The predicted octanol–water partition coefficient (Wildman–Crippen LogP) is 7.21. The zero-order valence-corrected chi connectivity index (χ0v) is 22.1. The van der Waals surface area contributed by atoms with Crippen molar-refractivity contribution in [3.8, 4) is 0 Å². The van der Waals surface area contributed by atoms with Gasteiger partial charge in [0.05, 0.1) is 17.4 Å². The van der Waals surface area contributed by atoms with E-state index in [2.05, 4.69) is 74.3 Å².